The zero-order valence-corrected chi connectivity index (χ0v) is 14.8. The number of nitrogens with zero attached hydrogens (tertiary/aromatic N) is 2. The third-order valence-corrected chi connectivity index (χ3v) is 3.92. The van der Waals surface area contributed by atoms with Crippen LogP contribution >= 0.6 is 0 Å². The van der Waals surface area contributed by atoms with Crippen molar-refractivity contribution in [3.8, 4) is 11.5 Å². The fraction of sp³-hybridized carbons (Fsp3) is 0.250. The van der Waals surface area contributed by atoms with Gasteiger partial charge in [-0.15, -0.1) is 5.10 Å². The number of aromatic nitrogens is 2. The van der Waals surface area contributed by atoms with Crippen LogP contribution in [0, 0.1) is 6.92 Å². The van der Waals surface area contributed by atoms with Gasteiger partial charge in [0.15, 0.2) is 0 Å². The van der Waals surface area contributed by atoms with E-state index in [4.69, 9.17) is 4.42 Å². The Labute approximate surface area is 147 Å². The highest BCUT2D eigenvalue weighted by molar-refractivity contribution is 6.03. The van der Waals surface area contributed by atoms with Gasteiger partial charge in [-0.3, -0.25) is 10.1 Å². The summed E-state index contributed by atoms with van der Waals surface area (Å²) in [5.41, 5.74) is 3.68. The molecule has 2 aromatic carbocycles. The van der Waals surface area contributed by atoms with Crippen LogP contribution in [0.25, 0.3) is 11.5 Å². The fourth-order valence-corrected chi connectivity index (χ4v) is 2.46. The van der Waals surface area contributed by atoms with E-state index < -0.39 is 0 Å². The van der Waals surface area contributed by atoms with E-state index in [2.05, 4.69) is 36.3 Å². The minimum atomic E-state index is -0.278. The first-order valence-electron chi connectivity index (χ1n) is 8.15. The molecule has 3 aromatic rings. The molecule has 0 spiro atoms. The van der Waals surface area contributed by atoms with Crippen LogP contribution in [0.4, 0.5) is 6.01 Å². The van der Waals surface area contributed by atoms with Crippen molar-refractivity contribution in [1.82, 2.24) is 10.2 Å². The molecule has 5 heteroatoms. The Bertz CT molecular complexity index is 890. The minimum absolute atomic E-state index is 0.0458. The predicted molar refractivity (Wildman–Crippen MR) is 97.6 cm³/mol. The third kappa shape index (κ3) is 3.94. The number of nitrogens with one attached hydrogen (secondary N) is 1. The minimum Gasteiger partial charge on any atom is -0.403 e. The summed E-state index contributed by atoms with van der Waals surface area (Å²) in [7, 11) is 0. The number of rotatable bonds is 3. The van der Waals surface area contributed by atoms with Crippen LogP contribution in [0.15, 0.2) is 52.9 Å². The number of aryl methyl sites for hydroxylation is 1. The fourth-order valence-electron chi connectivity index (χ4n) is 2.46. The molecule has 0 aliphatic carbocycles. The number of carbonyl (C=O) groups is 1. The van der Waals surface area contributed by atoms with Crippen molar-refractivity contribution in [3.63, 3.8) is 0 Å². The average Bonchev–Trinajstić information content (AvgIpc) is 3.03. The third-order valence-electron chi connectivity index (χ3n) is 3.92. The van der Waals surface area contributed by atoms with E-state index in [0.29, 0.717) is 11.5 Å². The van der Waals surface area contributed by atoms with Gasteiger partial charge in [-0.2, -0.15) is 0 Å². The van der Waals surface area contributed by atoms with Crippen molar-refractivity contribution >= 4 is 11.9 Å². The number of hydrogen-bond donors (Lipinski definition) is 1. The number of hydrogen-bond acceptors (Lipinski definition) is 4. The predicted octanol–water partition coefficient (Wildman–Crippen LogP) is 4.59. The summed E-state index contributed by atoms with van der Waals surface area (Å²) in [4.78, 5) is 12.3. The summed E-state index contributed by atoms with van der Waals surface area (Å²) in [6.07, 6.45) is 0. The molecule has 1 aromatic heterocycles. The molecule has 0 fully saturated rings. The number of anilines is 1. The summed E-state index contributed by atoms with van der Waals surface area (Å²) < 4.78 is 5.54. The standard InChI is InChI=1S/C20H21N3O2/c1-13-6-5-7-15(12-13)18-22-23-19(25-18)21-17(24)14-8-10-16(11-9-14)20(2,3)4/h5-12H,1-4H3,(H,21,23,24). The molecule has 0 atom stereocenters. The Kier molecular flexibility index (Phi) is 4.40. The van der Waals surface area contributed by atoms with Gasteiger partial charge in [0.25, 0.3) is 5.91 Å². The number of amides is 1. The summed E-state index contributed by atoms with van der Waals surface area (Å²) in [6.45, 7) is 8.39. The zero-order chi connectivity index (χ0) is 18.0. The molecule has 0 radical (unpaired) electrons. The van der Waals surface area contributed by atoms with E-state index in [1.54, 1.807) is 12.1 Å². The molecule has 3 rings (SSSR count). The second kappa shape index (κ2) is 6.51. The second-order valence-electron chi connectivity index (χ2n) is 7.06. The summed E-state index contributed by atoms with van der Waals surface area (Å²) in [5.74, 6) is 0.0991. The van der Waals surface area contributed by atoms with Crippen LogP contribution in [-0.4, -0.2) is 16.1 Å². The number of carbonyl (C=O) groups excluding carboxylic acids is 1. The maximum Gasteiger partial charge on any atom is 0.322 e. The molecule has 128 valence electrons. The lowest BCUT2D eigenvalue weighted by Gasteiger charge is -2.18. The van der Waals surface area contributed by atoms with E-state index in [9.17, 15) is 4.79 Å². The van der Waals surface area contributed by atoms with E-state index in [-0.39, 0.29) is 17.3 Å². The lowest BCUT2D eigenvalue weighted by Crippen LogP contribution is -2.14. The van der Waals surface area contributed by atoms with Crippen LogP contribution in [0.2, 0.25) is 0 Å². The van der Waals surface area contributed by atoms with Gasteiger partial charge in [0.2, 0.25) is 5.89 Å². The molecule has 0 saturated carbocycles. The quantitative estimate of drug-likeness (QED) is 0.760. The SMILES string of the molecule is Cc1cccc(-c2nnc(NC(=O)c3ccc(C(C)(C)C)cc3)o2)c1. The molecule has 1 heterocycles. The molecule has 0 aliphatic rings. The van der Waals surface area contributed by atoms with Gasteiger partial charge in [-0.25, -0.2) is 0 Å². The van der Waals surface area contributed by atoms with Gasteiger partial charge in [-0.05, 0) is 42.2 Å². The van der Waals surface area contributed by atoms with Gasteiger partial charge in [0.05, 0.1) is 0 Å². The van der Waals surface area contributed by atoms with E-state index >= 15 is 0 Å². The highest BCUT2D eigenvalue weighted by Gasteiger charge is 2.16. The molecule has 5 nitrogen and oxygen atoms in total. The molecule has 25 heavy (non-hydrogen) atoms. The van der Waals surface area contributed by atoms with Crippen LogP contribution < -0.4 is 5.32 Å². The Morgan fingerprint density at radius 1 is 1.04 bits per heavy atom. The van der Waals surface area contributed by atoms with E-state index in [1.807, 2.05) is 43.3 Å². The lowest BCUT2D eigenvalue weighted by atomic mass is 9.87. The summed E-state index contributed by atoms with van der Waals surface area (Å²) in [5, 5.41) is 10.5. The molecular weight excluding hydrogens is 314 g/mol. The Morgan fingerprint density at radius 2 is 1.76 bits per heavy atom. The number of benzene rings is 2. The van der Waals surface area contributed by atoms with Gasteiger partial charge in [0, 0.05) is 11.1 Å². The van der Waals surface area contributed by atoms with E-state index in [0.717, 1.165) is 11.1 Å². The molecule has 0 aliphatic heterocycles. The topological polar surface area (TPSA) is 68.0 Å². The lowest BCUT2D eigenvalue weighted by molar-refractivity contribution is 0.102. The van der Waals surface area contributed by atoms with Crippen LogP contribution in [-0.2, 0) is 5.41 Å². The molecule has 0 unspecified atom stereocenters. The van der Waals surface area contributed by atoms with Gasteiger partial charge in [-0.1, -0.05) is 55.7 Å². The van der Waals surface area contributed by atoms with Gasteiger partial charge < -0.3 is 4.42 Å². The van der Waals surface area contributed by atoms with Crippen LogP contribution in [0.5, 0.6) is 0 Å². The van der Waals surface area contributed by atoms with Crippen molar-refractivity contribution in [1.29, 1.82) is 0 Å². The molecule has 1 amide bonds. The van der Waals surface area contributed by atoms with Crippen molar-refractivity contribution < 1.29 is 9.21 Å². The maximum absolute atomic E-state index is 12.3. The second-order valence-corrected chi connectivity index (χ2v) is 7.06. The highest BCUT2D eigenvalue weighted by atomic mass is 16.4. The highest BCUT2D eigenvalue weighted by Crippen LogP contribution is 2.23. The maximum atomic E-state index is 12.3. The Morgan fingerprint density at radius 3 is 2.40 bits per heavy atom. The van der Waals surface area contributed by atoms with Crippen molar-refractivity contribution in [2.75, 3.05) is 5.32 Å². The first-order chi connectivity index (χ1) is 11.8. The zero-order valence-electron chi connectivity index (χ0n) is 14.8. The first kappa shape index (κ1) is 16.9. The Balaban J connectivity index is 1.73. The smallest absolute Gasteiger partial charge is 0.322 e. The summed E-state index contributed by atoms with van der Waals surface area (Å²) >= 11 is 0. The van der Waals surface area contributed by atoms with Crippen molar-refractivity contribution in [2.45, 2.75) is 33.1 Å². The molecular formula is C20H21N3O2. The van der Waals surface area contributed by atoms with Crippen molar-refractivity contribution in [2.24, 2.45) is 0 Å². The largest absolute Gasteiger partial charge is 0.403 e. The molecule has 0 bridgehead atoms. The summed E-state index contributed by atoms with van der Waals surface area (Å²) in [6, 6.07) is 15.3. The first-order valence-corrected chi connectivity index (χ1v) is 8.15. The Hall–Kier alpha value is -2.95. The molecule has 1 N–H and O–H groups in total. The van der Waals surface area contributed by atoms with Crippen LogP contribution in [0.3, 0.4) is 0 Å². The van der Waals surface area contributed by atoms with Crippen LogP contribution in [0.1, 0.15) is 42.3 Å². The van der Waals surface area contributed by atoms with Crippen molar-refractivity contribution in [3.05, 3.63) is 65.2 Å². The van der Waals surface area contributed by atoms with E-state index in [1.165, 1.54) is 5.56 Å². The van der Waals surface area contributed by atoms with Gasteiger partial charge >= 0.3 is 6.01 Å². The normalized spacial score (nSPS) is 11.4. The monoisotopic (exact) mass is 335 g/mol. The average molecular weight is 335 g/mol. The van der Waals surface area contributed by atoms with Gasteiger partial charge in [0.1, 0.15) is 0 Å². The molecule has 0 saturated heterocycles.